The van der Waals surface area contributed by atoms with Crippen LogP contribution in [0.4, 0.5) is 4.79 Å². The fourth-order valence-electron chi connectivity index (χ4n) is 3.12. The Morgan fingerprint density at radius 3 is 2.71 bits per heavy atom. The van der Waals surface area contributed by atoms with Crippen LogP contribution >= 0.6 is 11.3 Å². The average molecular weight is 351 g/mol. The van der Waals surface area contributed by atoms with Crippen molar-refractivity contribution in [2.45, 2.75) is 44.4 Å². The minimum absolute atomic E-state index is 0.176. The van der Waals surface area contributed by atoms with Crippen LogP contribution in [-0.2, 0) is 9.59 Å². The monoisotopic (exact) mass is 351 g/mol. The lowest BCUT2D eigenvalue weighted by Crippen LogP contribution is -2.50. The molecule has 3 N–H and O–H groups in total. The number of urea groups is 1. The summed E-state index contributed by atoms with van der Waals surface area (Å²) in [7, 11) is 0. The predicted octanol–water partition coefficient (Wildman–Crippen LogP) is 1.01. The molecule has 1 unspecified atom stereocenters. The number of hydrogen-bond acceptors (Lipinski definition) is 5. The molecule has 4 amide bonds. The van der Waals surface area contributed by atoms with Gasteiger partial charge in [-0.2, -0.15) is 0 Å². The molecule has 2 aliphatic rings. The van der Waals surface area contributed by atoms with E-state index in [4.69, 9.17) is 0 Å². The zero-order chi connectivity index (χ0) is 17.5. The van der Waals surface area contributed by atoms with E-state index < -0.39 is 17.5 Å². The van der Waals surface area contributed by atoms with Crippen LogP contribution in [-0.4, -0.2) is 46.0 Å². The molecule has 0 radical (unpaired) electrons. The highest BCUT2D eigenvalue weighted by Gasteiger charge is 2.46. The summed E-state index contributed by atoms with van der Waals surface area (Å²) >= 11 is 1.55. The largest absolute Gasteiger partial charge is 0.393 e. The highest BCUT2D eigenvalue weighted by molar-refractivity contribution is 7.10. The second-order valence-electron chi connectivity index (χ2n) is 6.85. The second-order valence-corrected chi connectivity index (χ2v) is 7.83. The van der Waals surface area contributed by atoms with Gasteiger partial charge in [0.15, 0.2) is 0 Å². The molecular weight excluding hydrogens is 330 g/mol. The van der Waals surface area contributed by atoms with Crippen LogP contribution in [0.15, 0.2) is 17.5 Å². The number of nitrogens with zero attached hydrogens (tertiary/aromatic N) is 1. The van der Waals surface area contributed by atoms with E-state index in [-0.39, 0.29) is 30.5 Å². The van der Waals surface area contributed by atoms with Gasteiger partial charge in [0.25, 0.3) is 5.91 Å². The molecule has 1 saturated carbocycles. The number of nitrogens with one attached hydrogen (secondary N) is 2. The maximum absolute atomic E-state index is 12.5. The Morgan fingerprint density at radius 2 is 2.21 bits per heavy atom. The zero-order valence-electron chi connectivity index (χ0n) is 13.6. The summed E-state index contributed by atoms with van der Waals surface area (Å²) in [5.41, 5.74) is -1.04. The quantitative estimate of drug-likeness (QED) is 0.690. The maximum Gasteiger partial charge on any atom is 0.325 e. The van der Waals surface area contributed by atoms with E-state index >= 15 is 0 Å². The van der Waals surface area contributed by atoms with Crippen molar-refractivity contribution in [3.63, 3.8) is 0 Å². The van der Waals surface area contributed by atoms with E-state index in [1.54, 1.807) is 25.2 Å². The molecule has 7 nitrogen and oxygen atoms in total. The zero-order valence-corrected chi connectivity index (χ0v) is 14.4. The first-order chi connectivity index (χ1) is 11.3. The molecule has 1 aliphatic heterocycles. The molecule has 2 heterocycles. The van der Waals surface area contributed by atoms with Crippen LogP contribution in [0, 0.1) is 5.92 Å². The Kier molecular flexibility index (Phi) is 4.35. The van der Waals surface area contributed by atoms with Crippen LogP contribution < -0.4 is 10.6 Å². The van der Waals surface area contributed by atoms with Crippen molar-refractivity contribution < 1.29 is 19.5 Å². The average Bonchev–Trinajstić information content (AvgIpc) is 3.06. The number of aliphatic hydroxyl groups excluding tert-OH is 1. The van der Waals surface area contributed by atoms with Gasteiger partial charge in [-0.05, 0) is 44.1 Å². The summed E-state index contributed by atoms with van der Waals surface area (Å²) in [6, 6.07) is 3.15. The first-order valence-electron chi connectivity index (χ1n) is 7.93. The van der Waals surface area contributed by atoms with Crippen molar-refractivity contribution in [3.05, 3.63) is 22.4 Å². The summed E-state index contributed by atoms with van der Waals surface area (Å²) in [5.74, 6) is -0.533. The van der Waals surface area contributed by atoms with Crippen molar-refractivity contribution in [2.24, 2.45) is 5.92 Å². The number of amides is 4. The molecule has 1 aliphatic carbocycles. The van der Waals surface area contributed by atoms with Crippen LogP contribution in [0.1, 0.15) is 37.6 Å². The van der Waals surface area contributed by atoms with Gasteiger partial charge >= 0.3 is 6.03 Å². The molecule has 2 fully saturated rings. The third-order valence-electron chi connectivity index (χ3n) is 4.79. The van der Waals surface area contributed by atoms with Gasteiger partial charge in [-0.25, -0.2) is 4.79 Å². The fraction of sp³-hybridized carbons (Fsp3) is 0.562. The Labute approximate surface area is 144 Å². The SMILES string of the molecule is CC1(C)C(=O)NC(=O)N1CC(=O)NC(c1cccs1)C1CC(O)C1. The Bertz CT molecular complexity index is 652. The van der Waals surface area contributed by atoms with Gasteiger partial charge in [-0.15, -0.1) is 11.3 Å². The van der Waals surface area contributed by atoms with Crippen molar-refractivity contribution in [3.8, 4) is 0 Å². The standard InChI is InChI=1S/C16H21N3O4S/c1-16(2)14(22)18-15(23)19(16)8-12(21)17-13(9-6-10(20)7-9)11-4-3-5-24-11/h3-5,9-10,13,20H,6-8H2,1-2H3,(H,17,21)(H,18,22,23). The predicted molar refractivity (Wildman–Crippen MR) is 88.3 cm³/mol. The van der Waals surface area contributed by atoms with Crippen molar-refractivity contribution in [1.29, 1.82) is 0 Å². The van der Waals surface area contributed by atoms with Gasteiger partial charge in [-0.3, -0.25) is 14.9 Å². The number of hydrogen-bond donors (Lipinski definition) is 3. The van der Waals surface area contributed by atoms with E-state index in [1.807, 2.05) is 17.5 Å². The number of aliphatic hydroxyl groups is 1. The lowest BCUT2D eigenvalue weighted by Gasteiger charge is -2.38. The molecule has 24 heavy (non-hydrogen) atoms. The Balaban J connectivity index is 1.68. The van der Waals surface area contributed by atoms with Gasteiger partial charge in [0.05, 0.1) is 12.1 Å². The normalized spacial score (nSPS) is 26.7. The third kappa shape index (κ3) is 3.03. The molecule has 1 aromatic heterocycles. The van der Waals surface area contributed by atoms with Gasteiger partial charge in [0, 0.05) is 4.88 Å². The van der Waals surface area contributed by atoms with E-state index in [1.165, 1.54) is 4.90 Å². The number of carbonyl (C=O) groups excluding carboxylic acids is 3. The van der Waals surface area contributed by atoms with Crippen molar-refractivity contribution >= 4 is 29.2 Å². The second kappa shape index (κ2) is 6.18. The minimum Gasteiger partial charge on any atom is -0.393 e. The van der Waals surface area contributed by atoms with Crippen molar-refractivity contribution in [2.75, 3.05) is 6.54 Å². The first-order valence-corrected chi connectivity index (χ1v) is 8.81. The number of thiophene rings is 1. The Hall–Kier alpha value is -1.93. The molecule has 3 rings (SSSR count). The molecule has 1 saturated heterocycles. The van der Waals surface area contributed by atoms with E-state index in [2.05, 4.69) is 10.6 Å². The lowest BCUT2D eigenvalue weighted by molar-refractivity contribution is -0.127. The summed E-state index contributed by atoms with van der Waals surface area (Å²) in [5, 5.41) is 16.7. The number of rotatable bonds is 5. The topological polar surface area (TPSA) is 98.7 Å². The van der Waals surface area contributed by atoms with Gasteiger partial charge < -0.3 is 15.3 Å². The summed E-state index contributed by atoms with van der Waals surface area (Å²) < 4.78 is 0. The van der Waals surface area contributed by atoms with Crippen LogP contribution in [0.3, 0.4) is 0 Å². The molecule has 8 heteroatoms. The molecule has 1 atom stereocenters. The van der Waals surface area contributed by atoms with Gasteiger partial charge in [0.1, 0.15) is 12.1 Å². The van der Waals surface area contributed by atoms with Crippen molar-refractivity contribution in [1.82, 2.24) is 15.5 Å². The fourth-order valence-corrected chi connectivity index (χ4v) is 3.99. The smallest absolute Gasteiger partial charge is 0.325 e. The highest BCUT2D eigenvalue weighted by atomic mass is 32.1. The van der Waals surface area contributed by atoms with Gasteiger partial charge in [-0.1, -0.05) is 6.07 Å². The van der Waals surface area contributed by atoms with E-state index in [0.717, 1.165) is 4.88 Å². The van der Waals surface area contributed by atoms with Gasteiger partial charge in [0.2, 0.25) is 5.91 Å². The summed E-state index contributed by atoms with van der Waals surface area (Å²) in [6.45, 7) is 3.04. The van der Waals surface area contributed by atoms with E-state index in [9.17, 15) is 19.5 Å². The summed E-state index contributed by atoms with van der Waals surface area (Å²) in [6.07, 6.45) is 0.990. The van der Waals surface area contributed by atoms with E-state index in [0.29, 0.717) is 12.8 Å². The molecule has 0 aromatic carbocycles. The molecule has 0 spiro atoms. The highest BCUT2D eigenvalue weighted by Crippen LogP contribution is 2.39. The molecular formula is C16H21N3O4S. The molecule has 0 bridgehead atoms. The molecule has 130 valence electrons. The number of carbonyl (C=O) groups is 3. The lowest BCUT2D eigenvalue weighted by atomic mass is 9.76. The minimum atomic E-state index is -1.04. The summed E-state index contributed by atoms with van der Waals surface area (Å²) in [4.78, 5) is 38.4. The van der Waals surface area contributed by atoms with Crippen LogP contribution in [0.25, 0.3) is 0 Å². The maximum atomic E-state index is 12.5. The van der Waals surface area contributed by atoms with Crippen LogP contribution in [0.2, 0.25) is 0 Å². The van der Waals surface area contributed by atoms with Crippen LogP contribution in [0.5, 0.6) is 0 Å². The third-order valence-corrected chi connectivity index (χ3v) is 5.74. The first kappa shape index (κ1) is 16.9. The number of imide groups is 1. The Morgan fingerprint density at radius 1 is 1.50 bits per heavy atom. The molecule has 1 aromatic rings.